The van der Waals surface area contributed by atoms with Gasteiger partial charge < -0.3 is 146 Å². The number of amides is 5. The Morgan fingerprint density at radius 2 is 1.29 bits per heavy atom. The maximum absolute atomic E-state index is 14.1. The molecule has 5 heterocycles. The third kappa shape index (κ3) is 25.4. The van der Waals surface area contributed by atoms with E-state index in [1.165, 1.54) is 18.1 Å². The Morgan fingerprint density at radius 1 is 0.716 bits per heavy atom. The van der Waals surface area contributed by atoms with E-state index in [0.29, 0.717) is 12.8 Å². The van der Waals surface area contributed by atoms with Gasteiger partial charge in [-0.05, 0) is 91.9 Å². The molecule has 5 aliphatic heterocycles. The smallest absolute Gasteiger partial charge is 0.474 e. The predicted molar refractivity (Wildman–Crippen MR) is 372 cm³/mol. The zero-order valence-electron chi connectivity index (χ0n) is 62.2. The van der Waals surface area contributed by atoms with E-state index >= 15 is 0 Å². The lowest BCUT2D eigenvalue weighted by Gasteiger charge is -2.52. The fourth-order valence-corrected chi connectivity index (χ4v) is 13.5. The molecule has 39 nitrogen and oxygen atoms in total. The molecule has 6 aliphatic rings. The fourth-order valence-electron chi connectivity index (χ4n) is 12.6. The number of hydrogen-bond acceptors (Lipinski definition) is 32. The van der Waals surface area contributed by atoms with Crippen molar-refractivity contribution in [1.29, 1.82) is 0 Å². The van der Waals surface area contributed by atoms with Crippen LogP contribution in [0, 0.1) is 5.41 Å². The lowest BCUT2D eigenvalue weighted by Crippen LogP contribution is -2.72. The highest BCUT2D eigenvalue weighted by molar-refractivity contribution is 7.47. The summed E-state index contributed by atoms with van der Waals surface area (Å²) in [4.78, 5) is 102. The normalized spacial score (nSPS) is 35.6. The zero-order valence-corrected chi connectivity index (χ0v) is 63.1. The minimum atomic E-state index is -5.85. The molecule has 0 spiro atoms. The number of carbonyl (C=O) groups excluding carboxylic acids is 6. The molecule has 618 valence electrons. The van der Waals surface area contributed by atoms with Crippen LogP contribution in [0.3, 0.4) is 0 Å². The topological polar surface area (TPSA) is 608 Å². The molecule has 0 radical (unpaired) electrons. The molecule has 1 aliphatic carbocycles. The number of ketones is 1. The van der Waals surface area contributed by atoms with E-state index in [4.69, 9.17) is 72.6 Å². The summed E-state index contributed by atoms with van der Waals surface area (Å²) in [6, 6.07) is -4.00. The molecule has 6 rings (SSSR count). The fraction of sp³-hybridized carbons (Fsp3) is 0.725. The Morgan fingerprint density at radius 3 is 1.88 bits per heavy atom. The average Bonchev–Trinajstić information content (AvgIpc) is 1.80. The highest BCUT2D eigenvalue weighted by atomic mass is 31.2. The molecule has 5 fully saturated rings. The van der Waals surface area contributed by atoms with E-state index in [1.807, 2.05) is 6.08 Å². The molecular weight excluding hydrogens is 1470 g/mol. The SMILES string of the molecule is C=C(C/C=C(\C)CCC=C(C)C)CCC(C)(C)/C=C/CC/C(C)=C\CO[C@H](COP(=O)(O)OC1O[C@H](C(N)=O)[C@@](C)(O)[C@H](OC(N)=O)[C@H]1O[C@@H]1O[C@H](CO[C@@H]2O[C@H](CO)[C@@H](O)[C@H](O)[C@H]2O)[C@@H](O[C@@H]2O[C@H](C)[C@@H](O[C@@H]3O[C@H](C(=O)NC4=C(O)CCC4=O)[C@H](O)[C@H](O)[C@H]3O)[C@H](O)[C@H]2NC(C)=O)[C@H](O)[C@H]1NC(C)=O)C(=O)O. The number of allylic oxidation sites excluding steroid dienone is 10. The van der Waals surface area contributed by atoms with Crippen molar-refractivity contribution < 1.29 is 165 Å². The molecular formula is C69H108N5O34P. The number of phosphoric acid groups is 1. The van der Waals surface area contributed by atoms with Gasteiger partial charge in [0.15, 0.2) is 67.8 Å². The van der Waals surface area contributed by atoms with E-state index in [9.17, 15) is 104 Å². The highest BCUT2D eigenvalue weighted by Gasteiger charge is 2.62. The molecule has 0 aromatic rings. The number of nitrogens with two attached hydrogens (primary N) is 2. The lowest BCUT2D eigenvalue weighted by molar-refractivity contribution is -0.375. The first-order valence-corrected chi connectivity index (χ1v) is 36.9. The van der Waals surface area contributed by atoms with Gasteiger partial charge in [-0.1, -0.05) is 73.1 Å². The molecule has 27 atom stereocenters. The van der Waals surface area contributed by atoms with Crippen LogP contribution in [-0.4, -0.2) is 293 Å². The summed E-state index contributed by atoms with van der Waals surface area (Å²) in [5.74, 6) is -7.66. The monoisotopic (exact) mass is 1580 g/mol. The summed E-state index contributed by atoms with van der Waals surface area (Å²) < 4.78 is 88.9. The number of carboxylic acid groups (broad SMARTS) is 1. The standard InChI is InChI=1S/C69H108N5O34P/c1-30(2)15-14-17-31(3)18-19-33(5)22-25-68(9,10)24-13-12-16-32(4)23-26-96-41(61(90)91)29-98-109(94,95)108-66-56(57(107-67(71)92)69(11,93)58(106-66)59(70)88)105-63-44(73-36(8)77)47(82)54(40(101-63)28-97-64-51(86)48(83)45(80)39(27-75)100-64)103-62-43(72-35(7)76)46(81)53(34(6)99-62)102-65-52(87)49(84)50(85)55(104-65)60(89)74-42-37(78)20-21-38(42)79/h13,15,18,23-24,34,39-41,43-58,62-66,75,78,80-87,93H,5,12,14,16-17,19-22,25-29H2,1-4,6-11H3,(H2,70,88)(H2,71,92)(H,72,76)(H,73,77)(H,74,89)(H,90,91)(H,94,95)/b24-13+,31-18+,32-23-/t34-,39-,40-,41-,43-,44-,45-,46-,47-,48+,49+,50-,51-,52-,53-,54-,55+,56-,57-,58-,62+,63+,64-,65-,66?,69+/m1/s1. The van der Waals surface area contributed by atoms with Crippen LogP contribution < -0.4 is 27.4 Å². The first kappa shape index (κ1) is 91.7. The van der Waals surface area contributed by atoms with Crippen molar-refractivity contribution >= 4 is 49.3 Å². The highest BCUT2D eigenvalue weighted by Crippen LogP contribution is 2.49. The van der Waals surface area contributed by atoms with Gasteiger partial charge in [0.25, 0.3) is 5.91 Å². The number of aliphatic carboxylic acids is 1. The summed E-state index contributed by atoms with van der Waals surface area (Å²) in [6.07, 6.45) is -35.4. The molecule has 2 unspecified atom stereocenters. The largest absolute Gasteiger partial charge is 0.510 e. The molecule has 0 aromatic heterocycles. The Balaban J connectivity index is 1.25. The average molecular weight is 1580 g/mol. The predicted octanol–water partition coefficient (Wildman–Crippen LogP) is -2.03. The van der Waals surface area contributed by atoms with Crippen molar-refractivity contribution in [3.63, 3.8) is 0 Å². The van der Waals surface area contributed by atoms with Gasteiger partial charge in [-0.25, -0.2) is 14.2 Å². The summed E-state index contributed by atoms with van der Waals surface area (Å²) in [5, 5.41) is 139. The molecule has 5 saturated heterocycles. The van der Waals surface area contributed by atoms with Gasteiger partial charge in [-0.3, -0.25) is 33.0 Å². The Kier molecular flexibility index (Phi) is 34.1. The number of Topliss-reactive ketones (excluding diaryl/α,β-unsaturated/α-hetero) is 1. The van der Waals surface area contributed by atoms with Gasteiger partial charge in [-0.15, -0.1) is 0 Å². The third-order valence-electron chi connectivity index (χ3n) is 18.9. The van der Waals surface area contributed by atoms with Crippen LogP contribution in [0.25, 0.3) is 0 Å². The number of phosphoric ester groups is 1. The molecule has 109 heavy (non-hydrogen) atoms. The van der Waals surface area contributed by atoms with E-state index in [-0.39, 0.29) is 24.9 Å². The number of carboxylic acids is 1. The van der Waals surface area contributed by atoms with Crippen molar-refractivity contribution in [3.05, 3.63) is 70.7 Å². The van der Waals surface area contributed by atoms with Crippen LogP contribution in [0.15, 0.2) is 70.7 Å². The van der Waals surface area contributed by atoms with Gasteiger partial charge in [-0.2, -0.15) is 0 Å². The van der Waals surface area contributed by atoms with E-state index in [1.54, 1.807) is 13.0 Å². The molecule has 40 heteroatoms. The number of carbonyl (C=O) groups is 7. The second-order valence-electron chi connectivity index (χ2n) is 28.9. The number of nitrogens with one attached hydrogen (secondary N) is 3. The minimum Gasteiger partial charge on any atom is -0.510 e. The van der Waals surface area contributed by atoms with E-state index in [2.05, 4.69) is 75.4 Å². The molecule has 20 N–H and O–H groups in total. The first-order valence-electron chi connectivity index (χ1n) is 35.4. The second kappa shape index (κ2) is 40.5. The van der Waals surface area contributed by atoms with Crippen LogP contribution in [0.4, 0.5) is 4.79 Å². The summed E-state index contributed by atoms with van der Waals surface area (Å²) in [5.41, 5.74) is 12.0. The molecule has 0 aromatic carbocycles. The molecule has 5 amide bonds. The summed E-state index contributed by atoms with van der Waals surface area (Å²) >= 11 is 0. The van der Waals surface area contributed by atoms with Gasteiger partial charge in [0.1, 0.15) is 102 Å². The first-order chi connectivity index (χ1) is 50.9. The van der Waals surface area contributed by atoms with Gasteiger partial charge in [0.05, 0.1) is 32.5 Å². The molecule has 0 saturated carbocycles. The van der Waals surface area contributed by atoms with Gasteiger partial charge in [0, 0.05) is 26.7 Å². The van der Waals surface area contributed by atoms with Gasteiger partial charge >= 0.3 is 19.9 Å². The van der Waals surface area contributed by atoms with Crippen molar-refractivity contribution in [2.24, 2.45) is 16.9 Å². The Labute approximate surface area is 628 Å². The summed E-state index contributed by atoms with van der Waals surface area (Å²) in [6.45, 7) is 16.8. The lowest BCUT2D eigenvalue weighted by atomic mass is 9.85. The van der Waals surface area contributed by atoms with Crippen LogP contribution in [0.5, 0.6) is 0 Å². The number of aliphatic hydroxyl groups is 11. The quantitative estimate of drug-likeness (QED) is 0.0236. The Hall–Kier alpha value is -6.16. The second-order valence-corrected chi connectivity index (χ2v) is 30.3. The number of ether oxygens (including phenoxy) is 11. The Bertz CT molecular complexity index is 3360. The van der Waals surface area contributed by atoms with Crippen LogP contribution in [0.1, 0.15) is 127 Å². The van der Waals surface area contributed by atoms with Crippen LogP contribution in [-0.2, 0) is 94.5 Å². The zero-order chi connectivity index (χ0) is 81.5. The van der Waals surface area contributed by atoms with Gasteiger partial charge in [0.2, 0.25) is 17.7 Å². The number of hydrogen-bond donors (Lipinski definition) is 18. The van der Waals surface area contributed by atoms with Crippen molar-refractivity contribution in [2.45, 2.75) is 286 Å². The van der Waals surface area contributed by atoms with E-state index < -0.39 is 240 Å². The maximum Gasteiger partial charge on any atom is 0.474 e. The summed E-state index contributed by atoms with van der Waals surface area (Å²) in [7, 11) is -5.85. The molecule has 0 bridgehead atoms. The maximum atomic E-state index is 14.1. The van der Waals surface area contributed by atoms with Crippen molar-refractivity contribution in [1.82, 2.24) is 16.0 Å². The van der Waals surface area contributed by atoms with Crippen molar-refractivity contribution in [2.75, 3.05) is 26.4 Å². The van der Waals surface area contributed by atoms with Crippen LogP contribution >= 0.6 is 7.82 Å². The number of aliphatic hydroxyl groups excluding tert-OH is 10. The third-order valence-corrected chi connectivity index (χ3v) is 19.9. The van der Waals surface area contributed by atoms with E-state index in [0.717, 1.165) is 64.0 Å². The van der Waals surface area contributed by atoms with Crippen molar-refractivity contribution in [3.8, 4) is 0 Å². The minimum absolute atomic E-state index is 0.128. The number of rotatable bonds is 37. The number of primary amides is 2. The van der Waals surface area contributed by atoms with Crippen LogP contribution in [0.2, 0.25) is 0 Å².